The second-order valence-electron chi connectivity index (χ2n) is 11.4. The number of ether oxygens (including phenoxy) is 7. The monoisotopic (exact) mass is 737 g/mol. The first-order valence-electron chi connectivity index (χ1n) is 14.8. The largest absolute Gasteiger partial charge is 0.571 e. The number of hydrogen-bond acceptors (Lipinski definition) is 18. The molecule has 2 aromatic rings. The lowest BCUT2D eigenvalue weighted by Gasteiger charge is -2.41. The zero-order valence-corrected chi connectivity index (χ0v) is 27.0. The summed E-state index contributed by atoms with van der Waals surface area (Å²) in [4.78, 5) is 0. The van der Waals surface area contributed by atoms with Crippen LogP contribution in [0.4, 0.5) is 0 Å². The van der Waals surface area contributed by atoms with E-state index in [4.69, 9.17) is 28.4 Å². The molecule has 11 unspecified atom stereocenters. The Kier molecular flexibility index (Phi) is 11.2. The van der Waals surface area contributed by atoms with Crippen LogP contribution in [0.5, 0.6) is 34.5 Å². The lowest BCUT2D eigenvalue weighted by atomic mass is 9.98. The SMILES string of the molecule is COc1cc(C2[OH+]c3cc(O)cc(OC4OC(CO)C(O)C(O)C4OS(=O)(=O)O)c3C=C2OC2OC(CO)C(O)C(O)C2O)cc(OC)c1O. The Morgan fingerprint density at radius 2 is 1.34 bits per heavy atom. The van der Waals surface area contributed by atoms with Crippen molar-refractivity contribution in [2.45, 2.75) is 67.5 Å². The van der Waals surface area contributed by atoms with E-state index < -0.39 is 96.9 Å². The normalized spacial score (nSPS) is 32.7. The Balaban J connectivity index is 1.61. The number of benzene rings is 2. The van der Waals surface area contributed by atoms with Gasteiger partial charge in [-0.1, -0.05) is 0 Å². The third-order valence-corrected chi connectivity index (χ3v) is 8.61. The number of phenolic OH excluding ortho intramolecular Hbond substituents is 2. The van der Waals surface area contributed by atoms with E-state index in [0.29, 0.717) is 0 Å². The van der Waals surface area contributed by atoms with Gasteiger partial charge in [0, 0.05) is 12.1 Å². The molecular weight excluding hydrogens is 700 g/mol. The molecule has 2 saturated heterocycles. The van der Waals surface area contributed by atoms with Crippen LogP contribution in [0.3, 0.4) is 0 Å². The number of fused-ring (bicyclic) bond motifs is 1. The van der Waals surface area contributed by atoms with Gasteiger partial charge in [-0.3, -0.25) is 4.55 Å². The van der Waals surface area contributed by atoms with E-state index in [1.165, 1.54) is 38.5 Å². The maximum absolute atomic E-state index is 11.6. The van der Waals surface area contributed by atoms with E-state index in [-0.39, 0.29) is 45.6 Å². The molecule has 0 bridgehead atoms. The van der Waals surface area contributed by atoms with Crippen molar-refractivity contribution in [1.29, 1.82) is 0 Å². The van der Waals surface area contributed by atoms with Gasteiger partial charge < -0.3 is 79.1 Å². The number of aliphatic hydroxyl groups excluding tert-OH is 7. The van der Waals surface area contributed by atoms with Crippen LogP contribution >= 0.6 is 0 Å². The van der Waals surface area contributed by atoms with Gasteiger partial charge in [0.15, 0.2) is 23.4 Å². The molecule has 11 N–H and O–H groups in total. The lowest BCUT2D eigenvalue weighted by molar-refractivity contribution is -0.295. The fourth-order valence-corrected chi connectivity index (χ4v) is 6.08. The predicted octanol–water partition coefficient (Wildman–Crippen LogP) is -2.73. The van der Waals surface area contributed by atoms with Gasteiger partial charge in [-0.2, -0.15) is 8.42 Å². The Bertz CT molecular complexity index is 1640. The van der Waals surface area contributed by atoms with Crippen molar-refractivity contribution in [2.24, 2.45) is 0 Å². The van der Waals surface area contributed by atoms with Gasteiger partial charge in [-0.25, -0.2) is 4.18 Å². The summed E-state index contributed by atoms with van der Waals surface area (Å²) in [6.45, 7) is -1.64. The molecule has 278 valence electrons. The Morgan fingerprint density at radius 1 is 0.760 bits per heavy atom. The molecule has 0 spiro atoms. The zero-order chi connectivity index (χ0) is 36.7. The molecule has 11 atom stereocenters. The lowest BCUT2D eigenvalue weighted by Crippen LogP contribution is -2.61. The Hall–Kier alpha value is -3.71. The second kappa shape index (κ2) is 14.9. The van der Waals surface area contributed by atoms with E-state index in [0.717, 1.165) is 6.07 Å². The highest BCUT2D eigenvalue weighted by Gasteiger charge is 2.50. The van der Waals surface area contributed by atoms with Crippen molar-refractivity contribution in [1.82, 2.24) is 0 Å². The summed E-state index contributed by atoms with van der Waals surface area (Å²) in [7, 11) is -2.73. The van der Waals surface area contributed by atoms with Gasteiger partial charge in [0.2, 0.25) is 18.3 Å². The van der Waals surface area contributed by atoms with E-state index in [1.54, 1.807) is 0 Å². The maximum Gasteiger partial charge on any atom is 0.397 e. The topological polar surface area (TPSA) is 314 Å². The molecular formula is C29H37O20S+. The van der Waals surface area contributed by atoms with Crippen molar-refractivity contribution in [3.8, 4) is 34.5 Å². The average molecular weight is 738 g/mol. The smallest absolute Gasteiger partial charge is 0.397 e. The summed E-state index contributed by atoms with van der Waals surface area (Å²) in [5.41, 5.74) is 0.218. The minimum atomic E-state index is -5.28. The van der Waals surface area contributed by atoms with Crippen molar-refractivity contribution >= 4 is 16.5 Å². The van der Waals surface area contributed by atoms with Crippen LogP contribution in [0, 0.1) is 0 Å². The van der Waals surface area contributed by atoms with Gasteiger partial charge in [0.25, 0.3) is 11.9 Å². The van der Waals surface area contributed by atoms with Gasteiger partial charge in [-0.05, 0) is 12.1 Å². The zero-order valence-electron chi connectivity index (χ0n) is 26.2. The molecule has 0 radical (unpaired) electrons. The Labute approximate surface area is 283 Å². The number of methoxy groups -OCH3 is 2. The van der Waals surface area contributed by atoms with Crippen LogP contribution in [0.1, 0.15) is 17.2 Å². The molecule has 3 aliphatic heterocycles. The summed E-state index contributed by atoms with van der Waals surface area (Å²) >= 11 is 0. The standard InChI is InChI=1S/C29H36O20S/c1-42-15-3-10(4-16(43-2)20(15)33)26-17(46-28-25(38)23(36)21(34)18(8-30)47-28)7-12-13(44-26)5-11(32)6-14(12)45-29-27(49-50(39,40)41)24(37)22(35)19(9-31)48-29/h3-7,18-19,21-38H,8-9H2,1-2H3,(H,39,40,41)/p+1. The van der Waals surface area contributed by atoms with Gasteiger partial charge in [0.1, 0.15) is 59.8 Å². The van der Waals surface area contributed by atoms with Crippen LogP contribution in [0.25, 0.3) is 6.08 Å². The van der Waals surface area contributed by atoms with E-state index in [2.05, 4.69) is 8.92 Å². The molecule has 50 heavy (non-hydrogen) atoms. The van der Waals surface area contributed by atoms with Crippen molar-refractivity contribution < 1.29 is 96.3 Å². The molecule has 2 fully saturated rings. The van der Waals surface area contributed by atoms with Crippen molar-refractivity contribution in [2.75, 3.05) is 27.4 Å². The van der Waals surface area contributed by atoms with Crippen LogP contribution < -0.4 is 14.2 Å². The first-order valence-corrected chi connectivity index (χ1v) is 16.1. The molecule has 5 rings (SSSR count). The number of aromatic hydroxyl groups is 3. The van der Waals surface area contributed by atoms with Gasteiger partial charge in [-0.15, -0.1) is 0 Å². The third kappa shape index (κ3) is 7.49. The fraction of sp³-hybridized carbons (Fsp3) is 0.517. The third-order valence-electron chi connectivity index (χ3n) is 8.15. The van der Waals surface area contributed by atoms with Crippen LogP contribution in [0.2, 0.25) is 0 Å². The number of hydrogen-bond donors (Lipinski definition) is 10. The van der Waals surface area contributed by atoms with Gasteiger partial charge in [0.05, 0.1) is 39.1 Å². The van der Waals surface area contributed by atoms with E-state index in [1.807, 2.05) is 0 Å². The molecule has 0 saturated carbocycles. The summed E-state index contributed by atoms with van der Waals surface area (Å²) in [5.74, 6) is -1.45. The highest BCUT2D eigenvalue weighted by molar-refractivity contribution is 7.80. The number of aliphatic hydroxyl groups is 8. The Morgan fingerprint density at radius 3 is 1.90 bits per heavy atom. The first-order chi connectivity index (χ1) is 23.6. The number of phenols is 2. The second-order valence-corrected chi connectivity index (χ2v) is 12.4. The summed E-state index contributed by atoms with van der Waals surface area (Å²) < 4.78 is 75.0. The molecule has 3 heterocycles. The molecule has 0 amide bonds. The van der Waals surface area contributed by atoms with Gasteiger partial charge >= 0.3 is 10.4 Å². The summed E-state index contributed by atoms with van der Waals surface area (Å²) in [6, 6.07) is 4.95. The van der Waals surface area contributed by atoms with Crippen molar-refractivity contribution in [3.63, 3.8) is 0 Å². The van der Waals surface area contributed by atoms with E-state index in [9.17, 15) is 58.9 Å². The molecule has 21 heteroatoms. The fourth-order valence-electron chi connectivity index (χ4n) is 5.60. The summed E-state index contributed by atoms with van der Waals surface area (Å²) in [6.07, 6.45) is -18.0. The predicted molar refractivity (Wildman–Crippen MR) is 161 cm³/mol. The molecule has 2 aromatic carbocycles. The van der Waals surface area contributed by atoms with E-state index >= 15 is 0 Å². The number of rotatable bonds is 11. The quantitative estimate of drug-likeness (QED) is 0.0827. The molecule has 20 nitrogen and oxygen atoms in total. The molecule has 0 aromatic heterocycles. The highest BCUT2D eigenvalue weighted by Crippen LogP contribution is 2.49. The average Bonchev–Trinajstić information content (AvgIpc) is 3.07. The minimum Gasteiger partial charge on any atom is -0.571 e. The highest BCUT2D eigenvalue weighted by atomic mass is 32.3. The van der Waals surface area contributed by atoms with Crippen molar-refractivity contribution in [3.05, 3.63) is 41.2 Å². The van der Waals surface area contributed by atoms with Crippen LogP contribution in [-0.2, 0) is 28.8 Å². The van der Waals surface area contributed by atoms with Crippen LogP contribution in [-0.4, -0.2) is 153 Å². The van der Waals surface area contributed by atoms with Crippen LogP contribution in [0.15, 0.2) is 30.0 Å². The first kappa shape index (κ1) is 37.5. The maximum atomic E-state index is 11.6. The summed E-state index contributed by atoms with van der Waals surface area (Å²) in [5, 5.41) is 92.8. The minimum absolute atomic E-state index is 0.0143. The molecule has 3 aliphatic rings. The molecule has 0 aliphatic carbocycles.